The zero-order valence-electron chi connectivity index (χ0n) is 12.8. The van der Waals surface area contributed by atoms with Crippen LogP contribution in [0.1, 0.15) is 51.4 Å². The van der Waals surface area contributed by atoms with E-state index < -0.39 is 9.04 Å². The maximum Gasteiger partial charge on any atom is 0.229 e. The first-order valence-corrected chi connectivity index (χ1v) is 11.0. The predicted octanol–water partition coefficient (Wildman–Crippen LogP) is 2.99. The van der Waals surface area contributed by atoms with Crippen molar-refractivity contribution in [2.45, 2.75) is 87.9 Å². The molecule has 2 saturated carbocycles. The van der Waals surface area contributed by atoms with Gasteiger partial charge in [-0.05, 0) is 62.4 Å². The summed E-state index contributed by atoms with van der Waals surface area (Å²) >= 11 is 0. The molecule has 4 radical (unpaired) electrons. The lowest BCUT2D eigenvalue weighted by atomic mass is 9.87. The minimum Gasteiger partial charge on any atom is -0.457 e. The van der Waals surface area contributed by atoms with Crippen LogP contribution in [-0.2, 0) is 13.6 Å². The average Bonchev–Trinajstić information content (AvgIpc) is 3.40. The number of rotatable bonds is 7. The van der Waals surface area contributed by atoms with Gasteiger partial charge in [0.25, 0.3) is 0 Å². The summed E-state index contributed by atoms with van der Waals surface area (Å²) in [6.45, 7) is 0. The van der Waals surface area contributed by atoms with Gasteiger partial charge < -0.3 is 13.6 Å². The minimum absolute atomic E-state index is 0.623. The molecule has 0 aromatic rings. The Hall–Kier alpha value is 0.314. The standard InChI is InChI=1S/C16H26O3Si2/c20-19-21(7-5-11-1-3-13-15(9-11)17-13)8-6-12-2-4-14-16(10-12)18-14/h11-16H,1-10H2. The molecule has 2 aliphatic heterocycles. The lowest BCUT2D eigenvalue weighted by Crippen LogP contribution is -2.22. The predicted molar refractivity (Wildman–Crippen MR) is 83.4 cm³/mol. The summed E-state index contributed by atoms with van der Waals surface area (Å²) in [6, 6.07) is 2.59. The Morgan fingerprint density at radius 3 is 1.76 bits per heavy atom. The summed E-state index contributed by atoms with van der Waals surface area (Å²) in [5.74, 6) is 1.79. The number of ether oxygens (including phenoxy) is 2. The zero-order chi connectivity index (χ0) is 14.2. The molecule has 2 heterocycles. The van der Waals surface area contributed by atoms with Crippen LogP contribution in [0.5, 0.6) is 0 Å². The van der Waals surface area contributed by atoms with Crippen molar-refractivity contribution in [3.63, 3.8) is 0 Å². The first-order valence-electron chi connectivity index (χ1n) is 8.81. The van der Waals surface area contributed by atoms with E-state index in [9.17, 15) is 0 Å². The Kier molecular flexibility index (Phi) is 4.56. The van der Waals surface area contributed by atoms with Crippen molar-refractivity contribution in [3.05, 3.63) is 0 Å². The van der Waals surface area contributed by atoms with Crippen LogP contribution in [0.4, 0.5) is 0 Å². The number of hydrogen-bond donors (Lipinski definition) is 0. The van der Waals surface area contributed by atoms with Gasteiger partial charge in [-0.2, -0.15) is 0 Å². The second-order valence-corrected chi connectivity index (χ2v) is 10.4. The van der Waals surface area contributed by atoms with Gasteiger partial charge >= 0.3 is 0 Å². The molecule has 4 rings (SSSR count). The molecular formula is C16H26O3Si2. The Balaban J connectivity index is 1.14. The quantitative estimate of drug-likeness (QED) is 0.534. The molecular weight excluding hydrogens is 296 g/mol. The van der Waals surface area contributed by atoms with Crippen molar-refractivity contribution in [2.75, 3.05) is 0 Å². The third kappa shape index (κ3) is 3.81. The maximum atomic E-state index is 5.65. The highest BCUT2D eigenvalue weighted by molar-refractivity contribution is 6.55. The van der Waals surface area contributed by atoms with Crippen molar-refractivity contribution in [1.82, 2.24) is 0 Å². The van der Waals surface area contributed by atoms with Crippen molar-refractivity contribution < 1.29 is 13.6 Å². The van der Waals surface area contributed by atoms with E-state index in [1.54, 1.807) is 0 Å². The summed E-state index contributed by atoms with van der Waals surface area (Å²) in [4.78, 5) is 0. The molecule has 0 spiro atoms. The lowest BCUT2D eigenvalue weighted by Gasteiger charge is -2.23. The fraction of sp³-hybridized carbons (Fsp3) is 1.00. The highest BCUT2D eigenvalue weighted by Crippen LogP contribution is 2.42. The number of epoxide rings is 2. The van der Waals surface area contributed by atoms with Gasteiger partial charge in [0.05, 0.1) is 24.4 Å². The van der Waals surface area contributed by atoms with Gasteiger partial charge in [0.2, 0.25) is 10.5 Å². The van der Waals surface area contributed by atoms with Crippen LogP contribution in [-0.4, -0.2) is 43.9 Å². The highest BCUT2D eigenvalue weighted by atomic mass is 28.3. The number of fused-ring (bicyclic) bond motifs is 2. The second kappa shape index (κ2) is 6.44. The van der Waals surface area contributed by atoms with Crippen LogP contribution >= 0.6 is 0 Å². The first-order chi connectivity index (χ1) is 10.3. The maximum absolute atomic E-state index is 5.65. The molecule has 3 nitrogen and oxygen atoms in total. The molecule has 2 aliphatic carbocycles. The van der Waals surface area contributed by atoms with Crippen molar-refractivity contribution >= 4 is 19.5 Å². The van der Waals surface area contributed by atoms with E-state index in [2.05, 4.69) is 10.5 Å². The molecule has 0 amide bonds. The van der Waals surface area contributed by atoms with Crippen molar-refractivity contribution in [2.24, 2.45) is 11.8 Å². The van der Waals surface area contributed by atoms with Crippen LogP contribution < -0.4 is 0 Å². The van der Waals surface area contributed by atoms with E-state index in [1.165, 1.54) is 63.5 Å². The zero-order valence-corrected chi connectivity index (χ0v) is 14.8. The summed E-state index contributed by atoms with van der Waals surface area (Å²) in [7, 11) is 2.70. The Morgan fingerprint density at radius 1 is 0.810 bits per heavy atom. The van der Waals surface area contributed by atoms with Gasteiger partial charge in [-0.15, -0.1) is 0 Å². The molecule has 0 N–H and O–H groups in total. The van der Waals surface area contributed by atoms with E-state index >= 15 is 0 Å². The molecule has 6 atom stereocenters. The Morgan fingerprint density at radius 2 is 1.33 bits per heavy atom. The van der Waals surface area contributed by atoms with Crippen LogP contribution in [0.15, 0.2) is 0 Å². The van der Waals surface area contributed by atoms with Crippen molar-refractivity contribution in [1.29, 1.82) is 0 Å². The second-order valence-electron chi connectivity index (χ2n) is 7.50. The highest BCUT2D eigenvalue weighted by Gasteiger charge is 2.44. The molecule has 0 bridgehead atoms. The molecule has 4 fully saturated rings. The first kappa shape index (κ1) is 14.9. The molecule has 6 unspecified atom stereocenters. The largest absolute Gasteiger partial charge is 0.457 e. The molecule has 5 heteroatoms. The summed E-state index contributed by atoms with van der Waals surface area (Å²) < 4.78 is 16.9. The average molecular weight is 323 g/mol. The van der Waals surface area contributed by atoms with E-state index in [4.69, 9.17) is 13.6 Å². The Labute approximate surface area is 133 Å². The fourth-order valence-electron chi connectivity index (χ4n) is 4.46. The Bertz CT molecular complexity index is 335. The lowest BCUT2D eigenvalue weighted by molar-refractivity contribution is 0.352. The summed E-state index contributed by atoms with van der Waals surface area (Å²) in [5, 5.41) is 0. The van der Waals surface area contributed by atoms with Gasteiger partial charge in [-0.3, -0.25) is 0 Å². The molecule has 0 aromatic heterocycles. The molecule has 2 saturated heterocycles. The third-order valence-electron chi connectivity index (χ3n) is 6.03. The van der Waals surface area contributed by atoms with E-state index in [1.807, 2.05) is 0 Å². The van der Waals surface area contributed by atoms with Crippen LogP contribution in [0, 0.1) is 11.8 Å². The van der Waals surface area contributed by atoms with Gasteiger partial charge in [-0.1, -0.05) is 12.8 Å². The van der Waals surface area contributed by atoms with Crippen molar-refractivity contribution in [3.8, 4) is 0 Å². The normalized spacial score (nSPS) is 44.3. The van der Waals surface area contributed by atoms with Gasteiger partial charge in [0.1, 0.15) is 0 Å². The summed E-state index contributed by atoms with van der Waals surface area (Å²) in [6.07, 6.45) is 13.2. The van der Waals surface area contributed by atoms with Gasteiger partial charge in [0.15, 0.2) is 9.04 Å². The van der Waals surface area contributed by atoms with E-state index in [0.717, 1.165) is 11.8 Å². The van der Waals surface area contributed by atoms with Crippen LogP contribution in [0.2, 0.25) is 12.1 Å². The van der Waals surface area contributed by atoms with E-state index in [0.29, 0.717) is 24.4 Å². The third-order valence-corrected chi connectivity index (χ3v) is 8.88. The van der Waals surface area contributed by atoms with Crippen LogP contribution in [0.25, 0.3) is 0 Å². The van der Waals surface area contributed by atoms with E-state index in [-0.39, 0.29) is 0 Å². The summed E-state index contributed by atoms with van der Waals surface area (Å²) in [5.41, 5.74) is 0. The van der Waals surface area contributed by atoms with Crippen LogP contribution in [0.3, 0.4) is 0 Å². The SMILES string of the molecule is [Si]O[Si](CCC1CCC2OC2C1)CCC1CCC2OC2C1. The smallest absolute Gasteiger partial charge is 0.229 e. The topological polar surface area (TPSA) is 34.3 Å². The molecule has 0 aromatic carbocycles. The molecule has 4 aliphatic rings. The molecule has 116 valence electrons. The fourth-order valence-corrected chi connectivity index (χ4v) is 6.98. The number of hydrogen-bond acceptors (Lipinski definition) is 3. The molecule has 21 heavy (non-hydrogen) atoms. The van der Waals surface area contributed by atoms with Gasteiger partial charge in [0, 0.05) is 0 Å². The monoisotopic (exact) mass is 322 g/mol. The van der Waals surface area contributed by atoms with Gasteiger partial charge in [-0.25, -0.2) is 0 Å². The minimum atomic E-state index is -0.657.